The van der Waals surface area contributed by atoms with E-state index in [0.717, 1.165) is 6.42 Å². The van der Waals surface area contributed by atoms with Gasteiger partial charge in [-0.2, -0.15) is 4.31 Å². The van der Waals surface area contributed by atoms with Gasteiger partial charge in [0.1, 0.15) is 0 Å². The van der Waals surface area contributed by atoms with Crippen LogP contribution in [0.25, 0.3) is 0 Å². The van der Waals surface area contributed by atoms with Crippen molar-refractivity contribution in [3.63, 3.8) is 0 Å². The molecule has 2 heterocycles. The van der Waals surface area contributed by atoms with Gasteiger partial charge in [0.05, 0.1) is 29.5 Å². The lowest BCUT2D eigenvalue weighted by atomic mass is 10.1. The van der Waals surface area contributed by atoms with E-state index < -0.39 is 20.0 Å². The molecule has 1 aromatic carbocycles. The van der Waals surface area contributed by atoms with Gasteiger partial charge in [-0.3, -0.25) is 4.31 Å². The molecular formula is C16H24N2O5S2. The van der Waals surface area contributed by atoms with E-state index in [1.165, 1.54) is 8.61 Å². The number of sulfonamides is 2. The molecule has 2 fully saturated rings. The van der Waals surface area contributed by atoms with E-state index in [1.807, 2.05) is 0 Å². The van der Waals surface area contributed by atoms with Crippen molar-refractivity contribution in [2.24, 2.45) is 0 Å². The summed E-state index contributed by atoms with van der Waals surface area (Å²) >= 11 is 0. The van der Waals surface area contributed by atoms with Crippen molar-refractivity contribution in [1.82, 2.24) is 4.31 Å². The fraction of sp³-hybridized carbons (Fsp3) is 0.625. The fourth-order valence-electron chi connectivity index (χ4n) is 3.47. The number of benzene rings is 1. The average Bonchev–Trinajstić information content (AvgIpc) is 2.54. The normalized spacial score (nSPS) is 22.1. The SMILES string of the molecule is Cc1cc(N2CCCCS2(=O)=O)cc(C)c1S(=O)(=O)N1CCOCC1. The Morgan fingerprint density at radius 2 is 1.60 bits per heavy atom. The molecule has 0 saturated carbocycles. The number of ether oxygens (including phenoxy) is 1. The van der Waals surface area contributed by atoms with E-state index in [0.29, 0.717) is 56.1 Å². The second kappa shape index (κ2) is 6.86. The molecule has 0 amide bonds. The van der Waals surface area contributed by atoms with Crippen molar-refractivity contribution in [1.29, 1.82) is 0 Å². The Bertz CT molecular complexity index is 836. The molecule has 2 aliphatic heterocycles. The Morgan fingerprint density at radius 1 is 1.00 bits per heavy atom. The smallest absolute Gasteiger partial charge is 0.243 e. The summed E-state index contributed by atoms with van der Waals surface area (Å²) in [4.78, 5) is 0.271. The maximum Gasteiger partial charge on any atom is 0.243 e. The van der Waals surface area contributed by atoms with Gasteiger partial charge in [0.2, 0.25) is 20.0 Å². The number of aryl methyl sites for hydroxylation is 2. The molecule has 9 heteroatoms. The molecule has 0 bridgehead atoms. The first kappa shape index (κ1) is 18.6. The zero-order valence-corrected chi connectivity index (χ0v) is 16.2. The molecule has 0 unspecified atom stereocenters. The quantitative estimate of drug-likeness (QED) is 0.778. The van der Waals surface area contributed by atoms with Gasteiger partial charge >= 0.3 is 0 Å². The van der Waals surface area contributed by atoms with Crippen LogP contribution in [0.3, 0.4) is 0 Å². The van der Waals surface area contributed by atoms with Gasteiger partial charge in [-0.25, -0.2) is 16.8 Å². The Morgan fingerprint density at radius 3 is 2.16 bits per heavy atom. The molecule has 1 aromatic rings. The van der Waals surface area contributed by atoms with Gasteiger partial charge in [-0.1, -0.05) is 0 Å². The lowest BCUT2D eigenvalue weighted by Crippen LogP contribution is -2.41. The standard InChI is InChI=1S/C16H24N2O5S2/c1-13-11-15(18-5-3-4-10-24(18,19)20)12-14(2)16(13)25(21,22)17-6-8-23-9-7-17/h11-12H,3-10H2,1-2H3. The average molecular weight is 389 g/mol. The van der Waals surface area contributed by atoms with Gasteiger partial charge < -0.3 is 4.74 Å². The maximum absolute atomic E-state index is 13.0. The van der Waals surface area contributed by atoms with Crippen LogP contribution in [0.15, 0.2) is 17.0 Å². The molecule has 2 saturated heterocycles. The maximum atomic E-state index is 13.0. The van der Waals surface area contributed by atoms with E-state index >= 15 is 0 Å². The van der Waals surface area contributed by atoms with Crippen molar-refractivity contribution in [2.45, 2.75) is 31.6 Å². The van der Waals surface area contributed by atoms with Gasteiger partial charge in [-0.05, 0) is 49.9 Å². The highest BCUT2D eigenvalue weighted by molar-refractivity contribution is 7.92. The third-order valence-electron chi connectivity index (χ3n) is 4.65. The summed E-state index contributed by atoms with van der Waals surface area (Å²) < 4.78 is 58.7. The topological polar surface area (TPSA) is 84.0 Å². The summed E-state index contributed by atoms with van der Waals surface area (Å²) in [6, 6.07) is 3.34. The molecule has 0 radical (unpaired) electrons. The minimum atomic E-state index is -3.61. The molecular weight excluding hydrogens is 364 g/mol. The monoisotopic (exact) mass is 388 g/mol. The molecule has 0 atom stereocenters. The van der Waals surface area contributed by atoms with Crippen molar-refractivity contribution in [3.8, 4) is 0 Å². The summed E-state index contributed by atoms with van der Waals surface area (Å²) in [5, 5.41) is 0. The Hall–Kier alpha value is -1.16. The zero-order chi connectivity index (χ0) is 18.2. The van der Waals surface area contributed by atoms with Crippen LogP contribution < -0.4 is 4.31 Å². The summed E-state index contributed by atoms with van der Waals surface area (Å²) in [5.74, 6) is 0.138. The molecule has 0 N–H and O–H groups in total. The van der Waals surface area contributed by atoms with Crippen LogP contribution in [0, 0.1) is 13.8 Å². The molecule has 0 aliphatic carbocycles. The first-order valence-corrected chi connectivity index (χ1v) is 11.5. The number of morpholine rings is 1. The van der Waals surface area contributed by atoms with E-state index in [4.69, 9.17) is 4.74 Å². The van der Waals surface area contributed by atoms with Crippen LogP contribution in [0.4, 0.5) is 5.69 Å². The van der Waals surface area contributed by atoms with Crippen LogP contribution in [-0.2, 0) is 24.8 Å². The second-order valence-corrected chi connectivity index (χ2v) is 10.4. The minimum Gasteiger partial charge on any atom is -0.379 e. The largest absolute Gasteiger partial charge is 0.379 e. The van der Waals surface area contributed by atoms with Crippen molar-refractivity contribution in [3.05, 3.63) is 23.3 Å². The van der Waals surface area contributed by atoms with Crippen LogP contribution in [0.5, 0.6) is 0 Å². The molecule has 2 aliphatic rings. The summed E-state index contributed by atoms with van der Waals surface area (Å²) in [6.07, 6.45) is 1.48. The van der Waals surface area contributed by atoms with E-state index in [9.17, 15) is 16.8 Å². The molecule has 25 heavy (non-hydrogen) atoms. The minimum absolute atomic E-state index is 0.138. The van der Waals surface area contributed by atoms with Gasteiger partial charge in [0.15, 0.2) is 0 Å². The van der Waals surface area contributed by atoms with Gasteiger partial charge in [-0.15, -0.1) is 0 Å². The molecule has 0 aromatic heterocycles. The molecule has 0 spiro atoms. The number of hydrogen-bond acceptors (Lipinski definition) is 5. The van der Waals surface area contributed by atoms with Gasteiger partial charge in [0.25, 0.3) is 0 Å². The van der Waals surface area contributed by atoms with Crippen LogP contribution in [-0.4, -0.2) is 59.7 Å². The Kier molecular flexibility index (Phi) is 5.11. The second-order valence-electron chi connectivity index (χ2n) is 6.52. The first-order chi connectivity index (χ1) is 11.7. The van der Waals surface area contributed by atoms with Crippen LogP contribution in [0.2, 0.25) is 0 Å². The Labute approximate surface area is 149 Å². The van der Waals surface area contributed by atoms with Crippen molar-refractivity contribution < 1.29 is 21.6 Å². The zero-order valence-electron chi connectivity index (χ0n) is 14.6. The molecule has 140 valence electrons. The molecule has 7 nitrogen and oxygen atoms in total. The fourth-order valence-corrected chi connectivity index (χ4v) is 6.92. The lowest BCUT2D eigenvalue weighted by Gasteiger charge is -2.30. The van der Waals surface area contributed by atoms with Crippen LogP contribution in [0.1, 0.15) is 24.0 Å². The molecule has 3 rings (SSSR count). The third-order valence-corrected chi connectivity index (χ3v) is 8.72. The summed E-state index contributed by atoms with van der Waals surface area (Å²) in [6.45, 7) is 5.34. The Balaban J connectivity index is 2.01. The number of rotatable bonds is 3. The van der Waals surface area contributed by atoms with Gasteiger partial charge in [0, 0.05) is 19.6 Å². The van der Waals surface area contributed by atoms with E-state index in [-0.39, 0.29) is 10.6 Å². The summed E-state index contributed by atoms with van der Waals surface area (Å²) in [5.41, 5.74) is 1.69. The highest BCUT2D eigenvalue weighted by Crippen LogP contribution is 2.31. The number of nitrogens with zero attached hydrogens (tertiary/aromatic N) is 2. The number of anilines is 1. The van der Waals surface area contributed by atoms with Crippen molar-refractivity contribution in [2.75, 3.05) is 42.9 Å². The van der Waals surface area contributed by atoms with E-state index in [2.05, 4.69) is 0 Å². The lowest BCUT2D eigenvalue weighted by molar-refractivity contribution is 0.0730. The first-order valence-electron chi connectivity index (χ1n) is 8.43. The van der Waals surface area contributed by atoms with E-state index in [1.54, 1.807) is 26.0 Å². The number of hydrogen-bond donors (Lipinski definition) is 0. The predicted molar refractivity (Wildman–Crippen MR) is 95.9 cm³/mol. The highest BCUT2D eigenvalue weighted by atomic mass is 32.2. The third kappa shape index (κ3) is 3.55. The van der Waals surface area contributed by atoms with Crippen LogP contribution >= 0.6 is 0 Å². The van der Waals surface area contributed by atoms with Crippen molar-refractivity contribution >= 4 is 25.7 Å². The predicted octanol–water partition coefficient (Wildman–Crippen LogP) is 1.25. The summed E-state index contributed by atoms with van der Waals surface area (Å²) in [7, 11) is -6.94. The highest BCUT2D eigenvalue weighted by Gasteiger charge is 2.31.